The molecule has 1 aliphatic carbocycles. The molecule has 0 fully saturated rings. The topological polar surface area (TPSA) is 20.2 Å². The van der Waals surface area contributed by atoms with E-state index in [0.29, 0.717) is 5.75 Å². The van der Waals surface area contributed by atoms with Crippen LogP contribution in [0.5, 0.6) is 5.75 Å². The van der Waals surface area contributed by atoms with Gasteiger partial charge < -0.3 is 5.11 Å². The first-order chi connectivity index (χ1) is 9.29. The van der Waals surface area contributed by atoms with Crippen molar-refractivity contribution in [3.63, 3.8) is 0 Å². The molecule has 1 N–H and O–H groups in total. The van der Waals surface area contributed by atoms with Gasteiger partial charge in [-0.25, -0.2) is 11.6 Å². The third kappa shape index (κ3) is 7.62. The first-order valence-corrected chi connectivity index (χ1v) is 7.80. The van der Waals surface area contributed by atoms with Gasteiger partial charge in [0.25, 0.3) is 0 Å². The molecule has 0 radical (unpaired) electrons. The molecule has 107 valence electrons. The summed E-state index contributed by atoms with van der Waals surface area (Å²) in [7, 11) is 0. The van der Waals surface area contributed by atoms with Crippen molar-refractivity contribution >= 4 is 4.82 Å². The summed E-state index contributed by atoms with van der Waals surface area (Å²) in [5.41, 5.74) is 3.68. The monoisotopic (exact) mass is 305 g/mol. The summed E-state index contributed by atoms with van der Waals surface area (Å²) in [4.78, 5) is 3.25. The second kappa shape index (κ2) is 9.10. The first-order valence-electron chi connectivity index (χ1n) is 6.69. The molecule has 20 heavy (non-hydrogen) atoms. The Hall–Kier alpha value is -0.916. The van der Waals surface area contributed by atoms with Crippen molar-refractivity contribution in [2.24, 2.45) is 0 Å². The second-order valence-electron chi connectivity index (χ2n) is 5.77. The van der Waals surface area contributed by atoms with Crippen LogP contribution >= 0.6 is 0 Å². The zero-order valence-corrected chi connectivity index (χ0v) is 14.8. The Morgan fingerprint density at radius 3 is 2.05 bits per heavy atom. The van der Waals surface area contributed by atoms with Gasteiger partial charge in [0.1, 0.15) is 5.75 Å². The quantitative estimate of drug-likeness (QED) is 0.546. The summed E-state index contributed by atoms with van der Waals surface area (Å²) in [6.45, 7) is 10.5. The summed E-state index contributed by atoms with van der Waals surface area (Å²) >= 11 is 1.75. The molecule has 0 spiro atoms. The molecule has 1 aliphatic rings. The fraction of sp³-hybridized carbons (Fsp3) is 0.389. The van der Waals surface area contributed by atoms with Crippen molar-refractivity contribution in [2.75, 3.05) is 0 Å². The molecular weight excluding hydrogens is 280 g/mol. The van der Waals surface area contributed by atoms with Crippen LogP contribution in [-0.4, -0.2) is 9.92 Å². The maximum absolute atomic E-state index is 9.36. The number of aryl methyl sites for hydroxylation is 1. The Kier molecular flexibility index (Phi) is 8.68. The fourth-order valence-corrected chi connectivity index (χ4v) is 1.71. The zero-order valence-electron chi connectivity index (χ0n) is 13.2. The minimum absolute atomic E-state index is 0.115. The Morgan fingerprint density at radius 1 is 1.15 bits per heavy atom. The third-order valence-electron chi connectivity index (χ3n) is 2.79. The van der Waals surface area contributed by atoms with Gasteiger partial charge in [0.05, 0.1) is 0 Å². The summed E-state index contributed by atoms with van der Waals surface area (Å²) in [5.74, 6) is 0.361. The van der Waals surface area contributed by atoms with E-state index in [1.807, 2.05) is 13.0 Å². The minimum atomic E-state index is 0.115. The predicted molar refractivity (Wildman–Crippen MR) is 84.9 cm³/mol. The number of rotatable bonds is 0. The van der Waals surface area contributed by atoms with Crippen LogP contribution in [0.1, 0.15) is 45.2 Å². The number of phenolic OH excluding ortho intramolecular Hbond substituents is 1. The Bertz CT molecular complexity index is 456. The van der Waals surface area contributed by atoms with E-state index in [1.165, 1.54) is 11.1 Å². The molecule has 0 bridgehead atoms. The number of allylic oxidation sites excluding steroid dienone is 4. The number of hydrogen-bond acceptors (Lipinski definition) is 1. The first kappa shape index (κ1) is 19.1. The van der Waals surface area contributed by atoms with Gasteiger partial charge in [-0.1, -0.05) is 33.8 Å². The average Bonchev–Trinajstić information content (AvgIpc) is 2.81. The van der Waals surface area contributed by atoms with Crippen molar-refractivity contribution in [3.8, 4) is 5.75 Å². The van der Waals surface area contributed by atoms with Gasteiger partial charge in [-0.3, -0.25) is 6.08 Å². The number of aromatic hydroxyl groups is 1. The SMILES string of the molecule is CC1=[C-]CC=C1.Cc1cc(O)cc(C(C)(C)C)c1.[CH2]=[Ti+]. The molecule has 0 saturated heterocycles. The number of benzene rings is 1. The standard InChI is InChI=1S/C11H16O.C6H7.CH2.Ti/c1-8-5-9(11(2,3)4)7-10(12)6-8;1-6-4-2-3-5-6;;/h5-7,12H,1-4H3;2,4H,3H2,1H3;1H2;/q;-1;;+1. The van der Waals surface area contributed by atoms with Crippen molar-refractivity contribution in [1.82, 2.24) is 0 Å². The summed E-state index contributed by atoms with van der Waals surface area (Å²) < 4.78 is 0. The van der Waals surface area contributed by atoms with Crippen LogP contribution in [0.25, 0.3) is 0 Å². The van der Waals surface area contributed by atoms with Crippen LogP contribution in [0.2, 0.25) is 0 Å². The van der Waals surface area contributed by atoms with Crippen molar-refractivity contribution in [3.05, 3.63) is 53.1 Å². The van der Waals surface area contributed by atoms with E-state index >= 15 is 0 Å². The molecule has 0 aromatic heterocycles. The summed E-state index contributed by atoms with van der Waals surface area (Å²) in [5, 5.41) is 9.36. The van der Waals surface area contributed by atoms with Crippen LogP contribution in [-0.2, 0) is 25.4 Å². The van der Waals surface area contributed by atoms with E-state index in [0.717, 1.165) is 12.0 Å². The molecule has 2 rings (SSSR count). The normalized spacial score (nSPS) is 12.8. The van der Waals surface area contributed by atoms with Crippen LogP contribution in [0.15, 0.2) is 35.9 Å². The van der Waals surface area contributed by atoms with E-state index in [9.17, 15) is 5.11 Å². The van der Waals surface area contributed by atoms with Gasteiger partial charge in [-0.05, 0) is 35.6 Å². The van der Waals surface area contributed by atoms with Crippen LogP contribution in [0.3, 0.4) is 0 Å². The van der Waals surface area contributed by atoms with E-state index in [4.69, 9.17) is 0 Å². The molecule has 0 unspecified atom stereocenters. The van der Waals surface area contributed by atoms with E-state index in [-0.39, 0.29) is 5.41 Å². The molecule has 1 nitrogen and oxygen atoms in total. The van der Waals surface area contributed by atoms with Crippen molar-refractivity contribution < 1.29 is 25.1 Å². The van der Waals surface area contributed by atoms with Crippen molar-refractivity contribution in [2.45, 2.75) is 46.5 Å². The number of hydrogen-bond donors (Lipinski definition) is 1. The second-order valence-corrected chi connectivity index (χ2v) is 5.77. The number of phenols is 1. The molecule has 2 heteroatoms. The molecule has 0 heterocycles. The van der Waals surface area contributed by atoms with Crippen molar-refractivity contribution in [1.29, 1.82) is 0 Å². The third-order valence-corrected chi connectivity index (χ3v) is 2.79. The summed E-state index contributed by atoms with van der Waals surface area (Å²) in [6, 6.07) is 5.71. The molecule has 0 aliphatic heterocycles. The molecule has 0 amide bonds. The molecule has 1 aromatic rings. The van der Waals surface area contributed by atoms with E-state index < -0.39 is 0 Å². The zero-order chi connectivity index (χ0) is 15.8. The molecule has 0 saturated carbocycles. The van der Waals surface area contributed by atoms with Gasteiger partial charge >= 0.3 is 24.8 Å². The summed E-state index contributed by atoms with van der Waals surface area (Å²) in [6.07, 6.45) is 8.33. The molecule has 0 atom stereocenters. The van der Waals surface area contributed by atoms with Gasteiger partial charge in [0.2, 0.25) is 0 Å². The molecular formula is C18H25OTi. The van der Waals surface area contributed by atoms with Gasteiger partial charge in [-0.2, -0.15) is 6.08 Å². The fourth-order valence-electron chi connectivity index (χ4n) is 1.71. The predicted octanol–water partition coefficient (Wildman–Crippen LogP) is 4.66. The van der Waals surface area contributed by atoms with Gasteiger partial charge in [0, 0.05) is 0 Å². The Balaban J connectivity index is 0.000000377. The van der Waals surface area contributed by atoms with E-state index in [2.05, 4.69) is 56.8 Å². The van der Waals surface area contributed by atoms with Gasteiger partial charge in [0.15, 0.2) is 0 Å². The van der Waals surface area contributed by atoms with Crippen LogP contribution in [0.4, 0.5) is 0 Å². The Labute approximate surface area is 135 Å². The van der Waals surface area contributed by atoms with E-state index in [1.54, 1.807) is 26.0 Å². The van der Waals surface area contributed by atoms with Crippen LogP contribution < -0.4 is 0 Å². The average molecular weight is 305 g/mol. The van der Waals surface area contributed by atoms with Gasteiger partial charge in [-0.15, -0.1) is 6.42 Å². The Morgan fingerprint density at radius 2 is 1.75 bits per heavy atom. The maximum atomic E-state index is 9.36. The van der Waals surface area contributed by atoms with Crippen LogP contribution in [0, 0.1) is 13.0 Å². The molecule has 1 aromatic carbocycles.